The Kier molecular flexibility index (Phi) is 4.11. The van der Waals surface area contributed by atoms with Gasteiger partial charge in [0.2, 0.25) is 0 Å². The molecule has 8 heteroatoms. The zero-order valence-electron chi connectivity index (χ0n) is 16.2. The lowest BCUT2D eigenvalue weighted by molar-refractivity contribution is -0.210. The van der Waals surface area contributed by atoms with Crippen LogP contribution in [0.2, 0.25) is 0 Å². The van der Waals surface area contributed by atoms with Crippen LogP contribution in [0.5, 0.6) is 0 Å². The number of rotatable bonds is 2. The number of Topliss-reactive ketones (excluding diaryl/α,β-unsaturated/α-hetero) is 1. The summed E-state index contributed by atoms with van der Waals surface area (Å²) in [5.74, 6) is -3.66. The molecule has 0 aromatic heterocycles. The minimum Gasteiger partial charge on any atom is -0.508 e. The fourth-order valence-electron chi connectivity index (χ4n) is 6.42. The van der Waals surface area contributed by atoms with Crippen LogP contribution in [0.1, 0.15) is 26.7 Å². The van der Waals surface area contributed by atoms with Gasteiger partial charge in [0.1, 0.15) is 12.4 Å². The van der Waals surface area contributed by atoms with E-state index in [2.05, 4.69) is 0 Å². The summed E-state index contributed by atoms with van der Waals surface area (Å²) in [6.45, 7) is 1.97. The summed E-state index contributed by atoms with van der Waals surface area (Å²) in [6, 6.07) is 0. The number of allylic oxidation sites excluding steroid dienone is 5. The Labute approximate surface area is 166 Å². The largest absolute Gasteiger partial charge is 0.508 e. The highest BCUT2D eigenvalue weighted by atomic mass is 19.1. The van der Waals surface area contributed by atoms with Gasteiger partial charge in [-0.05, 0) is 43.9 Å². The first-order valence-corrected chi connectivity index (χ1v) is 9.66. The van der Waals surface area contributed by atoms with Crippen LogP contribution in [0.15, 0.2) is 35.6 Å². The third-order valence-electron chi connectivity index (χ3n) is 8.07. The molecule has 2 saturated carbocycles. The van der Waals surface area contributed by atoms with E-state index < -0.39 is 64.3 Å². The van der Waals surface area contributed by atoms with E-state index in [1.165, 1.54) is 32.1 Å². The second-order valence-corrected chi connectivity index (χ2v) is 9.18. The topological polar surface area (TPSA) is 135 Å². The van der Waals surface area contributed by atoms with E-state index in [-0.39, 0.29) is 24.2 Å². The second-order valence-electron chi connectivity index (χ2n) is 9.18. The normalized spacial score (nSPS) is 50.9. The lowest BCUT2D eigenvalue weighted by atomic mass is 9.46. The predicted molar refractivity (Wildman–Crippen MR) is 98.3 cm³/mol. The molecule has 4 aliphatic rings. The third-order valence-corrected chi connectivity index (χ3v) is 8.07. The quantitative estimate of drug-likeness (QED) is 0.443. The van der Waals surface area contributed by atoms with Gasteiger partial charge in [0.05, 0.1) is 17.6 Å². The zero-order valence-corrected chi connectivity index (χ0v) is 16.2. The molecule has 0 aromatic rings. The number of halogens is 1. The van der Waals surface area contributed by atoms with Gasteiger partial charge in [0, 0.05) is 16.9 Å². The van der Waals surface area contributed by atoms with Crippen molar-refractivity contribution < 1.29 is 39.5 Å². The van der Waals surface area contributed by atoms with E-state index in [1.54, 1.807) is 0 Å². The van der Waals surface area contributed by atoms with E-state index in [4.69, 9.17) is 0 Å². The highest BCUT2D eigenvalue weighted by Gasteiger charge is 2.76. The summed E-state index contributed by atoms with van der Waals surface area (Å²) < 4.78 is 16.8. The molecule has 0 spiro atoms. The Hall–Kier alpha value is -1.87. The maximum absolute atomic E-state index is 16.8. The minimum absolute atomic E-state index is 0.0617. The first-order chi connectivity index (χ1) is 13.4. The monoisotopic (exact) mass is 408 g/mol. The Bertz CT molecular complexity index is 893. The van der Waals surface area contributed by atoms with Gasteiger partial charge in [-0.15, -0.1) is 0 Å². The molecule has 0 saturated heterocycles. The molecule has 0 amide bonds. The van der Waals surface area contributed by atoms with Crippen LogP contribution >= 0.6 is 0 Å². The average molecular weight is 408 g/mol. The molecule has 0 radical (unpaired) electrons. The fraction of sp³-hybridized carbons (Fsp3) is 0.619. The zero-order chi connectivity index (χ0) is 21.6. The highest BCUT2D eigenvalue weighted by Crippen LogP contribution is 2.68. The highest BCUT2D eigenvalue weighted by molar-refractivity contribution is 6.02. The molecule has 4 rings (SSSR count). The lowest BCUT2D eigenvalue weighted by Gasteiger charge is -2.60. The number of carbonyl (C=O) groups excluding carboxylic acids is 2. The van der Waals surface area contributed by atoms with Crippen molar-refractivity contribution in [1.29, 1.82) is 0 Å². The maximum atomic E-state index is 16.8. The van der Waals surface area contributed by atoms with Gasteiger partial charge in [-0.3, -0.25) is 9.59 Å². The molecule has 4 aliphatic carbocycles. The molecule has 29 heavy (non-hydrogen) atoms. The summed E-state index contributed by atoms with van der Waals surface area (Å²) in [5, 5.41) is 52.6. The Balaban J connectivity index is 1.93. The second kappa shape index (κ2) is 5.85. The first-order valence-electron chi connectivity index (χ1n) is 9.66. The van der Waals surface area contributed by atoms with Crippen molar-refractivity contribution >= 4 is 11.6 Å². The van der Waals surface area contributed by atoms with Crippen molar-refractivity contribution in [2.24, 2.45) is 22.7 Å². The summed E-state index contributed by atoms with van der Waals surface area (Å²) in [6.07, 6.45) is 1.15. The molecule has 0 aliphatic heterocycles. The van der Waals surface area contributed by atoms with Gasteiger partial charge >= 0.3 is 0 Å². The number of hydrogen-bond acceptors (Lipinski definition) is 7. The number of aliphatic hydroxyl groups is 5. The Morgan fingerprint density at radius 3 is 2.55 bits per heavy atom. The number of ketones is 2. The molecule has 158 valence electrons. The average Bonchev–Trinajstić information content (AvgIpc) is 2.86. The van der Waals surface area contributed by atoms with Gasteiger partial charge in [-0.1, -0.05) is 13.0 Å². The van der Waals surface area contributed by atoms with Crippen molar-refractivity contribution in [3.63, 3.8) is 0 Å². The Morgan fingerprint density at radius 1 is 1.28 bits per heavy atom. The molecule has 8 atom stereocenters. The molecule has 0 unspecified atom stereocenters. The molecular formula is C21H25FO7. The summed E-state index contributed by atoms with van der Waals surface area (Å²) in [5.41, 5.74) is -7.59. The van der Waals surface area contributed by atoms with E-state index in [9.17, 15) is 35.1 Å². The molecule has 7 nitrogen and oxygen atoms in total. The van der Waals surface area contributed by atoms with Crippen LogP contribution in [-0.2, 0) is 9.59 Å². The van der Waals surface area contributed by atoms with Crippen molar-refractivity contribution in [3.05, 3.63) is 35.6 Å². The SMILES string of the molecule is C[C@]12C=CC(=O)C=C1C(O)=C[C@H]1[C@@H]3C[C@@H](O)[C@](O)(C(=O)CO)[C@@]3(C)C[C@H](O)[C@@]12F. The molecule has 0 bridgehead atoms. The smallest absolute Gasteiger partial charge is 0.192 e. The van der Waals surface area contributed by atoms with Gasteiger partial charge in [-0.25, -0.2) is 4.39 Å². The van der Waals surface area contributed by atoms with Gasteiger partial charge < -0.3 is 25.5 Å². The van der Waals surface area contributed by atoms with Gasteiger partial charge in [0.25, 0.3) is 0 Å². The molecule has 2 fully saturated rings. The van der Waals surface area contributed by atoms with Crippen LogP contribution in [0.3, 0.4) is 0 Å². The van der Waals surface area contributed by atoms with E-state index >= 15 is 4.39 Å². The van der Waals surface area contributed by atoms with Crippen molar-refractivity contribution in [1.82, 2.24) is 0 Å². The van der Waals surface area contributed by atoms with Crippen molar-refractivity contribution in [2.75, 3.05) is 6.61 Å². The predicted octanol–water partition coefficient (Wildman–Crippen LogP) is 0.282. The summed E-state index contributed by atoms with van der Waals surface area (Å²) >= 11 is 0. The van der Waals surface area contributed by atoms with Crippen LogP contribution in [0.25, 0.3) is 0 Å². The lowest BCUT2D eigenvalue weighted by Crippen LogP contribution is -2.69. The third kappa shape index (κ3) is 2.10. The molecular weight excluding hydrogens is 383 g/mol. The van der Waals surface area contributed by atoms with Crippen LogP contribution in [0, 0.1) is 22.7 Å². The summed E-state index contributed by atoms with van der Waals surface area (Å²) in [7, 11) is 0. The number of carbonyl (C=O) groups is 2. The fourth-order valence-corrected chi connectivity index (χ4v) is 6.42. The number of aliphatic hydroxyl groups excluding tert-OH is 4. The van der Waals surface area contributed by atoms with Crippen LogP contribution in [0.4, 0.5) is 4.39 Å². The van der Waals surface area contributed by atoms with E-state index in [0.717, 1.165) is 6.08 Å². The molecule has 0 heterocycles. The van der Waals surface area contributed by atoms with Crippen molar-refractivity contribution in [3.8, 4) is 0 Å². The molecule has 0 aromatic carbocycles. The maximum Gasteiger partial charge on any atom is 0.192 e. The first kappa shape index (κ1) is 20.4. The minimum atomic E-state index is -2.35. The standard InChI is InChI=1S/C21H25FO7/c1-18-4-3-10(24)5-13(18)14(25)6-12-11-7-15(26)21(29,17(28)9-23)19(11,2)8-16(27)20(12,18)22/h3-6,11-12,15-16,23,25-27,29H,7-9H2,1-2H3/t11-,12-,15+,16-,18-,19-,20-,21-/m0/s1. The van der Waals surface area contributed by atoms with Gasteiger partial charge in [-0.2, -0.15) is 0 Å². The van der Waals surface area contributed by atoms with Crippen LogP contribution in [-0.4, -0.2) is 67.2 Å². The van der Waals surface area contributed by atoms with Gasteiger partial charge in [0.15, 0.2) is 22.8 Å². The number of alkyl halides is 1. The van der Waals surface area contributed by atoms with Crippen LogP contribution < -0.4 is 0 Å². The van der Waals surface area contributed by atoms with Crippen molar-refractivity contribution in [2.45, 2.75) is 50.2 Å². The van der Waals surface area contributed by atoms with E-state index in [1.807, 2.05) is 0 Å². The molecule has 5 N–H and O–H groups in total. The van der Waals surface area contributed by atoms with E-state index in [0.29, 0.717) is 0 Å². The summed E-state index contributed by atoms with van der Waals surface area (Å²) in [4.78, 5) is 24.2. The number of fused-ring (bicyclic) bond motifs is 5. The number of hydrogen-bond donors (Lipinski definition) is 5. The Morgan fingerprint density at radius 2 is 1.93 bits per heavy atom.